The lowest BCUT2D eigenvalue weighted by atomic mass is 9.81. The molecular weight excluding hydrogens is 525 g/mol. The number of methoxy groups -OCH3 is 2. The zero-order chi connectivity index (χ0) is 28.7. The highest BCUT2D eigenvalue weighted by Crippen LogP contribution is 2.54. The number of likely N-dealkylation sites (tertiary alicyclic amines) is 1. The monoisotopic (exact) mass is 560 g/mol. The van der Waals surface area contributed by atoms with Gasteiger partial charge in [0.05, 0.1) is 25.3 Å². The van der Waals surface area contributed by atoms with E-state index >= 15 is 0 Å². The molecule has 0 radical (unpaired) electrons. The summed E-state index contributed by atoms with van der Waals surface area (Å²) in [6.07, 6.45) is 1.86. The van der Waals surface area contributed by atoms with Crippen LogP contribution in [0, 0.1) is 5.41 Å². The number of benzene rings is 2. The first-order valence-electron chi connectivity index (χ1n) is 13.8. The molecule has 1 saturated heterocycles. The number of ether oxygens (including phenoxy) is 2. The van der Waals surface area contributed by atoms with Gasteiger partial charge >= 0.3 is 6.18 Å². The molecule has 0 aromatic heterocycles. The van der Waals surface area contributed by atoms with E-state index in [9.17, 15) is 27.9 Å². The van der Waals surface area contributed by atoms with Gasteiger partial charge in [0.1, 0.15) is 0 Å². The number of nitrogens with zero attached hydrogens (tertiary/aromatic N) is 1. The van der Waals surface area contributed by atoms with Crippen LogP contribution in [-0.2, 0) is 6.18 Å². The molecule has 2 aromatic carbocycles. The second-order valence-corrected chi connectivity index (χ2v) is 11.2. The number of alkyl halides is 3. The zero-order valence-electron chi connectivity index (χ0n) is 22.8. The van der Waals surface area contributed by atoms with E-state index in [4.69, 9.17) is 9.47 Å². The molecule has 3 aliphatic rings. The van der Waals surface area contributed by atoms with Crippen LogP contribution < -0.4 is 14.8 Å². The van der Waals surface area contributed by atoms with Crippen molar-refractivity contribution in [1.82, 2.24) is 10.2 Å². The Bertz CT molecular complexity index is 1280. The molecule has 2 saturated carbocycles. The van der Waals surface area contributed by atoms with Crippen LogP contribution in [0.15, 0.2) is 30.3 Å². The summed E-state index contributed by atoms with van der Waals surface area (Å²) >= 11 is 0. The third kappa shape index (κ3) is 5.32. The van der Waals surface area contributed by atoms with E-state index in [1.165, 1.54) is 32.4 Å². The van der Waals surface area contributed by atoms with Crippen molar-refractivity contribution in [2.24, 2.45) is 5.41 Å². The number of halogens is 3. The number of nitrogens with one attached hydrogen (secondary N) is 1. The van der Waals surface area contributed by atoms with Crippen LogP contribution in [0.25, 0.3) is 0 Å². The Balaban J connectivity index is 1.22. The fraction of sp³-hybridized carbons (Fsp3) is 0.533. The molecule has 3 fully saturated rings. The van der Waals surface area contributed by atoms with Crippen molar-refractivity contribution in [1.29, 1.82) is 0 Å². The highest BCUT2D eigenvalue weighted by atomic mass is 19.4. The summed E-state index contributed by atoms with van der Waals surface area (Å²) in [7, 11) is 2.82. The Labute approximate surface area is 231 Å². The lowest BCUT2D eigenvalue weighted by molar-refractivity contribution is -0.138. The fourth-order valence-corrected chi connectivity index (χ4v) is 6.47. The summed E-state index contributed by atoms with van der Waals surface area (Å²) in [5.41, 5.74) is -0.454. The second kappa shape index (κ2) is 10.9. The number of phenols is 1. The molecule has 7 nitrogen and oxygen atoms in total. The number of carbonyl (C=O) groups excluding carboxylic acids is 2. The van der Waals surface area contributed by atoms with E-state index in [0.29, 0.717) is 43.7 Å². The SMILES string of the molecule is COc1ccc(C(=O)N2CCC3(CC2)CC3NC(=O)c2ccc(C3CCCCC3)c(C(F)(F)F)c2)c(O)c1OC. The van der Waals surface area contributed by atoms with Crippen molar-refractivity contribution in [2.45, 2.75) is 69.5 Å². The van der Waals surface area contributed by atoms with Gasteiger partial charge in [-0.05, 0) is 73.3 Å². The molecule has 2 aromatic rings. The molecule has 1 unspecified atom stereocenters. The van der Waals surface area contributed by atoms with Crippen LogP contribution >= 0.6 is 0 Å². The van der Waals surface area contributed by atoms with E-state index in [2.05, 4.69) is 5.32 Å². The van der Waals surface area contributed by atoms with Gasteiger partial charge in [-0.1, -0.05) is 25.3 Å². The smallest absolute Gasteiger partial charge is 0.416 e. The predicted octanol–water partition coefficient (Wildman–Crippen LogP) is 5.90. The molecule has 0 bridgehead atoms. The number of carbonyl (C=O) groups is 2. The number of hydrogen-bond acceptors (Lipinski definition) is 5. The molecular formula is C30H35F3N2O5. The maximum Gasteiger partial charge on any atom is 0.416 e. The van der Waals surface area contributed by atoms with Crippen LogP contribution in [0.1, 0.15) is 89.1 Å². The Morgan fingerprint density at radius 3 is 2.35 bits per heavy atom. The van der Waals surface area contributed by atoms with Crippen molar-refractivity contribution >= 4 is 11.8 Å². The number of amides is 2. The number of hydrogen-bond donors (Lipinski definition) is 2. The molecule has 1 aliphatic heterocycles. The minimum Gasteiger partial charge on any atom is -0.504 e. The Kier molecular flexibility index (Phi) is 7.63. The Morgan fingerprint density at radius 1 is 1.02 bits per heavy atom. The summed E-state index contributed by atoms with van der Waals surface area (Å²) in [5.74, 6) is -0.827. The Morgan fingerprint density at radius 2 is 1.73 bits per heavy atom. The quantitative estimate of drug-likeness (QED) is 0.459. The molecule has 1 atom stereocenters. The molecule has 1 spiro atoms. The molecule has 2 aliphatic carbocycles. The van der Waals surface area contributed by atoms with Gasteiger partial charge in [-0.2, -0.15) is 13.2 Å². The van der Waals surface area contributed by atoms with Crippen molar-refractivity contribution < 1.29 is 37.3 Å². The van der Waals surface area contributed by atoms with Crippen LogP contribution in [0.3, 0.4) is 0 Å². The minimum atomic E-state index is -4.52. The largest absolute Gasteiger partial charge is 0.504 e. The van der Waals surface area contributed by atoms with E-state index in [-0.39, 0.29) is 45.9 Å². The normalized spacial score (nSPS) is 20.7. The second-order valence-electron chi connectivity index (χ2n) is 11.2. The molecule has 2 N–H and O–H groups in total. The standard InChI is InChI=1S/C30H35F3N2O5/c1-39-23-11-10-21(25(36)26(23)40-2)28(38)35-14-12-29(13-15-35)17-24(29)34-27(37)19-8-9-20(18-6-4-3-5-7-18)22(16-19)30(31,32)33/h8-11,16,18,24,36H,3-7,12-15,17H2,1-2H3,(H,34,37). The highest BCUT2D eigenvalue weighted by Gasteiger charge is 2.56. The average Bonchev–Trinajstić information content (AvgIpc) is 3.62. The molecule has 5 rings (SSSR count). The predicted molar refractivity (Wildman–Crippen MR) is 142 cm³/mol. The number of aromatic hydroxyl groups is 1. The summed E-state index contributed by atoms with van der Waals surface area (Å²) in [6.45, 7) is 0.876. The third-order valence-corrected chi connectivity index (χ3v) is 8.96. The van der Waals surface area contributed by atoms with Gasteiger partial charge in [-0.3, -0.25) is 9.59 Å². The molecule has 216 valence electrons. The van der Waals surface area contributed by atoms with E-state index in [1.807, 2.05) is 0 Å². The van der Waals surface area contributed by atoms with Gasteiger partial charge in [-0.25, -0.2) is 0 Å². The van der Waals surface area contributed by atoms with Crippen molar-refractivity contribution in [3.63, 3.8) is 0 Å². The van der Waals surface area contributed by atoms with Gasteiger partial charge in [0.15, 0.2) is 11.5 Å². The summed E-state index contributed by atoms with van der Waals surface area (Å²) < 4.78 is 52.2. The summed E-state index contributed by atoms with van der Waals surface area (Å²) in [5, 5.41) is 13.5. The van der Waals surface area contributed by atoms with Crippen LogP contribution in [0.4, 0.5) is 13.2 Å². The van der Waals surface area contributed by atoms with Crippen molar-refractivity contribution in [3.05, 3.63) is 52.6 Å². The maximum atomic E-state index is 13.9. The number of rotatable bonds is 6. The summed E-state index contributed by atoms with van der Waals surface area (Å²) in [4.78, 5) is 27.8. The van der Waals surface area contributed by atoms with E-state index in [1.54, 1.807) is 11.0 Å². The first kappa shape index (κ1) is 28.1. The first-order chi connectivity index (χ1) is 19.1. The van der Waals surface area contributed by atoms with E-state index in [0.717, 1.165) is 38.2 Å². The minimum absolute atomic E-state index is 0.0190. The number of piperidine rings is 1. The molecule has 10 heteroatoms. The van der Waals surface area contributed by atoms with Crippen LogP contribution in [0.2, 0.25) is 0 Å². The van der Waals surface area contributed by atoms with Gasteiger partial charge < -0.3 is 24.8 Å². The van der Waals surface area contributed by atoms with Gasteiger partial charge in [-0.15, -0.1) is 0 Å². The lowest BCUT2D eigenvalue weighted by Crippen LogP contribution is -2.41. The van der Waals surface area contributed by atoms with Gasteiger partial charge in [0, 0.05) is 24.7 Å². The lowest BCUT2D eigenvalue weighted by Gasteiger charge is -2.33. The molecule has 2 amide bonds. The first-order valence-corrected chi connectivity index (χ1v) is 13.8. The van der Waals surface area contributed by atoms with Crippen molar-refractivity contribution in [2.75, 3.05) is 27.3 Å². The van der Waals surface area contributed by atoms with Crippen molar-refractivity contribution in [3.8, 4) is 17.2 Å². The van der Waals surface area contributed by atoms with E-state index < -0.39 is 17.6 Å². The highest BCUT2D eigenvalue weighted by molar-refractivity contribution is 5.98. The number of phenolic OH excluding ortho intramolecular Hbond substituents is 1. The topological polar surface area (TPSA) is 88.1 Å². The van der Waals surface area contributed by atoms with Gasteiger partial charge in [0.2, 0.25) is 5.75 Å². The van der Waals surface area contributed by atoms with Crippen LogP contribution in [0.5, 0.6) is 17.2 Å². The van der Waals surface area contributed by atoms with Crippen LogP contribution in [-0.4, -0.2) is 55.2 Å². The fourth-order valence-electron chi connectivity index (χ4n) is 6.47. The van der Waals surface area contributed by atoms with Gasteiger partial charge in [0.25, 0.3) is 11.8 Å². The molecule has 1 heterocycles. The Hall–Kier alpha value is -3.43. The third-order valence-electron chi connectivity index (χ3n) is 8.96. The zero-order valence-corrected chi connectivity index (χ0v) is 22.8. The summed E-state index contributed by atoms with van der Waals surface area (Å²) in [6, 6.07) is 6.92. The average molecular weight is 561 g/mol. The maximum absolute atomic E-state index is 13.9. The molecule has 40 heavy (non-hydrogen) atoms.